The third kappa shape index (κ3) is 4.42. The van der Waals surface area contributed by atoms with E-state index < -0.39 is 16.1 Å². The number of nitrogens with one attached hydrogen (secondary N) is 1. The summed E-state index contributed by atoms with van der Waals surface area (Å²) >= 11 is 0. The second-order valence-electron chi connectivity index (χ2n) is 7.14. The van der Waals surface area contributed by atoms with Gasteiger partial charge in [-0.3, -0.25) is 4.79 Å². The molecule has 1 aromatic carbocycles. The second-order valence-corrected chi connectivity index (χ2v) is 9.03. The minimum atomic E-state index is -3.61. The average Bonchev–Trinajstić information content (AvgIpc) is 3.08. The molecule has 2 fully saturated rings. The predicted octanol–water partition coefficient (Wildman–Crippen LogP) is 3.07. The van der Waals surface area contributed by atoms with Crippen molar-refractivity contribution < 1.29 is 13.2 Å². The fourth-order valence-electron chi connectivity index (χ4n) is 3.92. The van der Waals surface area contributed by atoms with Crippen molar-refractivity contribution >= 4 is 15.9 Å². The lowest BCUT2D eigenvalue weighted by Gasteiger charge is -2.27. The summed E-state index contributed by atoms with van der Waals surface area (Å²) in [7, 11) is -3.61. The van der Waals surface area contributed by atoms with Gasteiger partial charge in [-0.15, -0.1) is 0 Å². The van der Waals surface area contributed by atoms with Gasteiger partial charge in [-0.2, -0.15) is 4.31 Å². The fourth-order valence-corrected chi connectivity index (χ4v) is 5.59. The molecule has 0 aromatic heterocycles. The molecule has 1 heterocycles. The van der Waals surface area contributed by atoms with Gasteiger partial charge >= 0.3 is 0 Å². The summed E-state index contributed by atoms with van der Waals surface area (Å²) in [6.07, 6.45) is 9.36. The molecule has 0 spiro atoms. The molecule has 1 unspecified atom stereocenters. The first-order valence-electron chi connectivity index (χ1n) is 9.46. The highest BCUT2D eigenvalue weighted by atomic mass is 32.2. The summed E-state index contributed by atoms with van der Waals surface area (Å²) in [5.74, 6) is -0.123. The van der Waals surface area contributed by atoms with Crippen LogP contribution in [0.2, 0.25) is 0 Å². The third-order valence-electron chi connectivity index (χ3n) is 5.31. The van der Waals surface area contributed by atoms with Crippen LogP contribution in [0.15, 0.2) is 35.2 Å². The standard InChI is InChI=1S/C19H28N2O3S/c22-19(20-16-10-5-2-1-3-6-11-16)18-14-9-15-21(18)25(23,24)17-12-7-4-8-13-17/h4,7-8,12-13,16,18H,1-3,5-6,9-11,14-15H2,(H,20,22). The number of nitrogens with zero attached hydrogens (tertiary/aromatic N) is 1. The maximum absolute atomic E-state index is 12.9. The average molecular weight is 365 g/mol. The van der Waals surface area contributed by atoms with Gasteiger partial charge in [0, 0.05) is 12.6 Å². The highest BCUT2D eigenvalue weighted by molar-refractivity contribution is 7.89. The van der Waals surface area contributed by atoms with Crippen LogP contribution in [0.3, 0.4) is 0 Å². The van der Waals surface area contributed by atoms with Gasteiger partial charge in [0.05, 0.1) is 4.90 Å². The summed E-state index contributed by atoms with van der Waals surface area (Å²) in [6.45, 7) is 0.417. The Balaban J connectivity index is 1.69. The van der Waals surface area contributed by atoms with E-state index in [0.717, 1.165) is 32.1 Å². The molecule has 0 radical (unpaired) electrons. The lowest BCUT2D eigenvalue weighted by atomic mass is 9.96. The number of carbonyl (C=O) groups excluding carboxylic acids is 1. The van der Waals surface area contributed by atoms with Gasteiger partial charge in [-0.1, -0.05) is 50.3 Å². The van der Waals surface area contributed by atoms with Crippen molar-refractivity contribution in [2.45, 2.75) is 74.8 Å². The van der Waals surface area contributed by atoms with Crippen LogP contribution in [0, 0.1) is 0 Å². The lowest BCUT2D eigenvalue weighted by Crippen LogP contribution is -2.48. The van der Waals surface area contributed by atoms with E-state index in [1.165, 1.54) is 23.6 Å². The van der Waals surface area contributed by atoms with E-state index in [1.807, 2.05) is 0 Å². The monoisotopic (exact) mass is 364 g/mol. The number of benzene rings is 1. The largest absolute Gasteiger partial charge is 0.352 e. The summed E-state index contributed by atoms with van der Waals surface area (Å²) in [4.78, 5) is 13.0. The first kappa shape index (κ1) is 18.4. The van der Waals surface area contributed by atoms with E-state index in [9.17, 15) is 13.2 Å². The Morgan fingerprint density at radius 2 is 1.56 bits per heavy atom. The summed E-state index contributed by atoms with van der Waals surface area (Å²) in [5, 5.41) is 3.14. The van der Waals surface area contributed by atoms with Crippen LogP contribution in [-0.4, -0.2) is 37.3 Å². The van der Waals surface area contributed by atoms with E-state index in [2.05, 4.69) is 5.32 Å². The highest BCUT2D eigenvalue weighted by Crippen LogP contribution is 2.26. The molecule has 1 saturated heterocycles. The van der Waals surface area contributed by atoms with Crippen molar-refractivity contribution in [1.82, 2.24) is 9.62 Å². The van der Waals surface area contributed by atoms with Crippen molar-refractivity contribution in [2.24, 2.45) is 0 Å². The van der Waals surface area contributed by atoms with E-state index in [-0.39, 0.29) is 16.8 Å². The summed E-state index contributed by atoms with van der Waals surface area (Å²) in [6, 6.07) is 8.03. The van der Waals surface area contributed by atoms with Gasteiger partial charge in [0.15, 0.2) is 0 Å². The molecule has 1 aliphatic heterocycles. The molecule has 1 N–H and O–H groups in total. The topological polar surface area (TPSA) is 66.5 Å². The molecular weight excluding hydrogens is 336 g/mol. The Bertz CT molecular complexity index is 667. The highest BCUT2D eigenvalue weighted by Gasteiger charge is 2.39. The van der Waals surface area contributed by atoms with Crippen LogP contribution in [0.25, 0.3) is 0 Å². The summed E-state index contributed by atoms with van der Waals surface area (Å²) < 4.78 is 27.2. The van der Waals surface area contributed by atoms with Gasteiger partial charge in [0.2, 0.25) is 15.9 Å². The fraction of sp³-hybridized carbons (Fsp3) is 0.632. The van der Waals surface area contributed by atoms with Crippen molar-refractivity contribution in [3.05, 3.63) is 30.3 Å². The number of carbonyl (C=O) groups is 1. The van der Waals surface area contributed by atoms with Crippen LogP contribution >= 0.6 is 0 Å². The maximum Gasteiger partial charge on any atom is 0.243 e. The van der Waals surface area contributed by atoms with E-state index >= 15 is 0 Å². The predicted molar refractivity (Wildman–Crippen MR) is 97.6 cm³/mol. The quantitative estimate of drug-likeness (QED) is 0.893. The Kier molecular flexibility index (Phi) is 6.12. The SMILES string of the molecule is O=C(NC1CCCCCCC1)C1CCCN1S(=O)(=O)c1ccccc1. The number of hydrogen-bond donors (Lipinski definition) is 1. The number of rotatable bonds is 4. The van der Waals surface area contributed by atoms with Crippen LogP contribution in [0.1, 0.15) is 57.8 Å². The minimum Gasteiger partial charge on any atom is -0.352 e. The molecule has 138 valence electrons. The van der Waals surface area contributed by atoms with E-state index in [1.54, 1.807) is 30.3 Å². The molecule has 1 saturated carbocycles. The van der Waals surface area contributed by atoms with E-state index in [0.29, 0.717) is 13.0 Å². The second kappa shape index (κ2) is 8.32. The maximum atomic E-state index is 12.9. The third-order valence-corrected chi connectivity index (χ3v) is 7.23. The molecule has 1 aromatic rings. The molecule has 25 heavy (non-hydrogen) atoms. The van der Waals surface area contributed by atoms with Gasteiger partial charge in [-0.25, -0.2) is 8.42 Å². The van der Waals surface area contributed by atoms with Gasteiger partial charge < -0.3 is 5.32 Å². The minimum absolute atomic E-state index is 0.123. The zero-order valence-corrected chi connectivity index (χ0v) is 15.5. The molecule has 1 aliphatic carbocycles. The Labute approximate surface area is 150 Å². The molecule has 1 amide bonds. The van der Waals surface area contributed by atoms with Gasteiger partial charge in [0.25, 0.3) is 0 Å². The normalized spacial score (nSPS) is 23.8. The van der Waals surface area contributed by atoms with Crippen LogP contribution in [0.4, 0.5) is 0 Å². The van der Waals surface area contributed by atoms with Crippen molar-refractivity contribution in [1.29, 1.82) is 0 Å². The Hall–Kier alpha value is -1.40. The molecule has 2 aliphatic rings. The molecule has 3 rings (SSSR count). The zero-order chi connectivity index (χ0) is 17.7. The number of amides is 1. The van der Waals surface area contributed by atoms with Gasteiger partial charge in [-0.05, 0) is 37.8 Å². The molecule has 1 atom stereocenters. The first-order valence-corrected chi connectivity index (χ1v) is 10.9. The van der Waals surface area contributed by atoms with E-state index in [4.69, 9.17) is 0 Å². The Morgan fingerprint density at radius 1 is 0.920 bits per heavy atom. The number of hydrogen-bond acceptors (Lipinski definition) is 3. The lowest BCUT2D eigenvalue weighted by molar-refractivity contribution is -0.125. The smallest absolute Gasteiger partial charge is 0.243 e. The first-order chi connectivity index (χ1) is 12.1. The summed E-state index contributed by atoms with van der Waals surface area (Å²) in [5.41, 5.74) is 0. The zero-order valence-electron chi connectivity index (χ0n) is 14.7. The molecule has 5 nitrogen and oxygen atoms in total. The molecule has 0 bridgehead atoms. The number of sulfonamides is 1. The van der Waals surface area contributed by atoms with Gasteiger partial charge in [0.1, 0.15) is 6.04 Å². The van der Waals surface area contributed by atoms with Crippen LogP contribution in [0.5, 0.6) is 0 Å². The van der Waals surface area contributed by atoms with Crippen LogP contribution in [-0.2, 0) is 14.8 Å². The Morgan fingerprint density at radius 3 is 2.24 bits per heavy atom. The molecular formula is C19H28N2O3S. The van der Waals surface area contributed by atoms with Crippen LogP contribution < -0.4 is 5.32 Å². The van der Waals surface area contributed by atoms with Crippen molar-refractivity contribution in [3.63, 3.8) is 0 Å². The van der Waals surface area contributed by atoms with Crippen molar-refractivity contribution in [3.8, 4) is 0 Å². The molecule has 6 heteroatoms. The van der Waals surface area contributed by atoms with Crippen molar-refractivity contribution in [2.75, 3.05) is 6.54 Å².